The van der Waals surface area contributed by atoms with Gasteiger partial charge in [-0.3, -0.25) is 4.79 Å². The Morgan fingerprint density at radius 3 is 3.00 bits per heavy atom. The van der Waals surface area contributed by atoms with Crippen LogP contribution in [0.25, 0.3) is 0 Å². The van der Waals surface area contributed by atoms with E-state index >= 15 is 0 Å². The molecule has 1 aliphatic heterocycles. The molecule has 0 spiro atoms. The molecule has 2 rings (SSSR count). The third kappa shape index (κ3) is 3.70. The number of piperidine rings is 1. The Morgan fingerprint density at radius 2 is 2.39 bits per heavy atom. The standard InChI is InChI=1S/C13H20N2OS.ClH/c1-9-5-6-14-8-11(9)15-13(16)10(2)12-4-3-7-17-12;/h3-4,7,9-11,14H,5-6,8H2,1-2H3,(H,15,16);1H. The van der Waals surface area contributed by atoms with Crippen molar-refractivity contribution in [2.45, 2.75) is 32.2 Å². The van der Waals surface area contributed by atoms with Crippen molar-refractivity contribution in [3.63, 3.8) is 0 Å². The molecular formula is C13H21ClN2OS. The van der Waals surface area contributed by atoms with Gasteiger partial charge in [-0.15, -0.1) is 23.7 Å². The summed E-state index contributed by atoms with van der Waals surface area (Å²) in [6.45, 7) is 6.14. The molecule has 18 heavy (non-hydrogen) atoms. The predicted molar refractivity (Wildman–Crippen MR) is 78.6 cm³/mol. The van der Waals surface area contributed by atoms with Crippen LogP contribution in [0, 0.1) is 5.92 Å². The first-order valence-electron chi connectivity index (χ1n) is 6.23. The van der Waals surface area contributed by atoms with Gasteiger partial charge in [0.05, 0.1) is 5.92 Å². The maximum Gasteiger partial charge on any atom is 0.228 e. The molecular weight excluding hydrogens is 268 g/mol. The number of amides is 1. The highest BCUT2D eigenvalue weighted by Crippen LogP contribution is 2.21. The molecule has 1 aliphatic rings. The lowest BCUT2D eigenvalue weighted by atomic mass is 9.94. The van der Waals surface area contributed by atoms with Crippen LogP contribution in [0.4, 0.5) is 0 Å². The molecule has 0 aromatic carbocycles. The zero-order valence-corrected chi connectivity index (χ0v) is 12.4. The summed E-state index contributed by atoms with van der Waals surface area (Å²) in [7, 11) is 0. The van der Waals surface area contributed by atoms with E-state index in [2.05, 4.69) is 17.6 Å². The van der Waals surface area contributed by atoms with E-state index in [4.69, 9.17) is 0 Å². The highest BCUT2D eigenvalue weighted by Gasteiger charge is 2.25. The number of nitrogens with one attached hydrogen (secondary N) is 2. The van der Waals surface area contributed by atoms with Crippen molar-refractivity contribution in [1.29, 1.82) is 0 Å². The fourth-order valence-corrected chi connectivity index (χ4v) is 2.94. The maximum absolute atomic E-state index is 12.1. The molecule has 0 radical (unpaired) electrons. The first-order chi connectivity index (χ1) is 8.18. The predicted octanol–water partition coefficient (Wildman–Crippen LogP) is 2.39. The zero-order chi connectivity index (χ0) is 12.3. The minimum atomic E-state index is -0.0378. The van der Waals surface area contributed by atoms with Crippen LogP contribution in [0.5, 0.6) is 0 Å². The Labute approximate surface area is 119 Å². The van der Waals surface area contributed by atoms with Gasteiger partial charge in [0.1, 0.15) is 0 Å². The van der Waals surface area contributed by atoms with E-state index in [-0.39, 0.29) is 30.3 Å². The fourth-order valence-electron chi connectivity index (χ4n) is 2.16. The number of hydrogen-bond donors (Lipinski definition) is 2. The molecule has 0 saturated carbocycles. The van der Waals surface area contributed by atoms with E-state index in [0.717, 1.165) is 24.4 Å². The quantitative estimate of drug-likeness (QED) is 0.897. The van der Waals surface area contributed by atoms with Gasteiger partial charge in [-0.2, -0.15) is 0 Å². The van der Waals surface area contributed by atoms with E-state index in [1.807, 2.05) is 24.4 Å². The van der Waals surface area contributed by atoms with Gasteiger partial charge in [-0.1, -0.05) is 13.0 Å². The van der Waals surface area contributed by atoms with Gasteiger partial charge in [0, 0.05) is 17.5 Å². The van der Waals surface area contributed by atoms with Crippen molar-refractivity contribution < 1.29 is 4.79 Å². The Morgan fingerprint density at radius 1 is 1.61 bits per heavy atom. The second kappa shape index (κ2) is 7.12. The molecule has 1 aromatic heterocycles. The third-order valence-corrected chi connectivity index (χ3v) is 4.57. The summed E-state index contributed by atoms with van der Waals surface area (Å²) in [5, 5.41) is 8.51. The largest absolute Gasteiger partial charge is 0.351 e. The second-order valence-electron chi connectivity index (χ2n) is 4.82. The Hall–Kier alpha value is -0.580. The highest BCUT2D eigenvalue weighted by atomic mass is 35.5. The molecule has 1 aromatic rings. The van der Waals surface area contributed by atoms with E-state index < -0.39 is 0 Å². The summed E-state index contributed by atoms with van der Waals surface area (Å²) in [5.74, 6) is 0.674. The van der Waals surface area contributed by atoms with Gasteiger partial charge in [-0.25, -0.2) is 0 Å². The van der Waals surface area contributed by atoms with E-state index in [9.17, 15) is 4.79 Å². The van der Waals surface area contributed by atoms with Crippen LogP contribution < -0.4 is 10.6 Å². The van der Waals surface area contributed by atoms with Crippen molar-refractivity contribution in [3.05, 3.63) is 22.4 Å². The molecule has 1 fully saturated rings. The minimum Gasteiger partial charge on any atom is -0.351 e. The van der Waals surface area contributed by atoms with Crippen molar-refractivity contribution in [2.24, 2.45) is 5.92 Å². The molecule has 2 N–H and O–H groups in total. The summed E-state index contributed by atoms with van der Waals surface area (Å²) >= 11 is 1.65. The highest BCUT2D eigenvalue weighted by molar-refractivity contribution is 7.10. The summed E-state index contributed by atoms with van der Waals surface area (Å²) in [6.07, 6.45) is 1.14. The minimum absolute atomic E-state index is 0. The molecule has 1 saturated heterocycles. The van der Waals surface area contributed by atoms with Crippen molar-refractivity contribution >= 4 is 29.7 Å². The molecule has 3 atom stereocenters. The summed E-state index contributed by atoms with van der Waals surface area (Å²) in [5.41, 5.74) is 0. The normalized spacial score (nSPS) is 25.0. The molecule has 5 heteroatoms. The van der Waals surface area contributed by atoms with Crippen LogP contribution in [0.15, 0.2) is 17.5 Å². The number of carbonyl (C=O) groups is 1. The molecule has 102 valence electrons. The summed E-state index contributed by atoms with van der Waals surface area (Å²) in [6, 6.07) is 4.30. The average molecular weight is 289 g/mol. The topological polar surface area (TPSA) is 41.1 Å². The smallest absolute Gasteiger partial charge is 0.228 e. The van der Waals surface area contributed by atoms with Crippen molar-refractivity contribution in [2.75, 3.05) is 13.1 Å². The Kier molecular flexibility index (Phi) is 6.12. The van der Waals surface area contributed by atoms with E-state index in [0.29, 0.717) is 5.92 Å². The van der Waals surface area contributed by atoms with Crippen molar-refractivity contribution in [1.82, 2.24) is 10.6 Å². The van der Waals surface area contributed by atoms with Crippen LogP contribution >= 0.6 is 23.7 Å². The van der Waals surface area contributed by atoms with Gasteiger partial charge >= 0.3 is 0 Å². The van der Waals surface area contributed by atoms with Crippen molar-refractivity contribution in [3.8, 4) is 0 Å². The van der Waals surface area contributed by atoms with Crippen LogP contribution in [-0.2, 0) is 4.79 Å². The lowest BCUT2D eigenvalue weighted by molar-refractivity contribution is -0.123. The summed E-state index contributed by atoms with van der Waals surface area (Å²) in [4.78, 5) is 13.3. The van der Waals surface area contributed by atoms with Crippen LogP contribution in [0.2, 0.25) is 0 Å². The van der Waals surface area contributed by atoms with Gasteiger partial charge in [0.25, 0.3) is 0 Å². The molecule has 0 aliphatic carbocycles. The molecule has 3 unspecified atom stereocenters. The van der Waals surface area contributed by atoms with E-state index in [1.54, 1.807) is 11.3 Å². The summed E-state index contributed by atoms with van der Waals surface area (Å²) < 4.78 is 0. The first kappa shape index (κ1) is 15.5. The second-order valence-corrected chi connectivity index (χ2v) is 5.80. The first-order valence-corrected chi connectivity index (χ1v) is 7.11. The monoisotopic (exact) mass is 288 g/mol. The maximum atomic E-state index is 12.1. The average Bonchev–Trinajstić information content (AvgIpc) is 2.84. The van der Waals surface area contributed by atoms with Gasteiger partial charge in [0.2, 0.25) is 5.91 Å². The Balaban J connectivity index is 0.00000162. The molecule has 2 heterocycles. The number of hydrogen-bond acceptors (Lipinski definition) is 3. The lowest BCUT2D eigenvalue weighted by Crippen LogP contribution is -2.51. The third-order valence-electron chi connectivity index (χ3n) is 3.52. The van der Waals surface area contributed by atoms with Gasteiger partial charge < -0.3 is 10.6 Å². The number of halogens is 1. The molecule has 0 bridgehead atoms. The number of rotatable bonds is 3. The zero-order valence-electron chi connectivity index (χ0n) is 10.8. The lowest BCUT2D eigenvalue weighted by Gasteiger charge is -2.31. The van der Waals surface area contributed by atoms with Gasteiger partial charge in [-0.05, 0) is 37.3 Å². The van der Waals surface area contributed by atoms with Crippen LogP contribution in [0.1, 0.15) is 31.1 Å². The van der Waals surface area contributed by atoms with Crippen LogP contribution in [-0.4, -0.2) is 25.0 Å². The van der Waals surface area contributed by atoms with Crippen LogP contribution in [0.3, 0.4) is 0 Å². The van der Waals surface area contributed by atoms with E-state index in [1.165, 1.54) is 0 Å². The molecule has 3 nitrogen and oxygen atoms in total. The Bertz CT molecular complexity index is 369. The fraction of sp³-hybridized carbons (Fsp3) is 0.615. The van der Waals surface area contributed by atoms with Gasteiger partial charge in [0.15, 0.2) is 0 Å². The SMILES string of the molecule is CC(C(=O)NC1CNCCC1C)c1cccs1.Cl. The number of carbonyl (C=O) groups excluding carboxylic acids is 1. The molecule has 1 amide bonds. The number of thiophene rings is 1.